The molecule has 0 radical (unpaired) electrons. The van der Waals surface area contributed by atoms with E-state index in [2.05, 4.69) is 68.4 Å². The van der Waals surface area contributed by atoms with Crippen LogP contribution < -0.4 is 0 Å². The molecule has 3 heteroatoms. The van der Waals surface area contributed by atoms with E-state index in [1.54, 1.807) is 12.1 Å². The molecular weight excluding hydrogens is 342 g/mol. The van der Waals surface area contributed by atoms with Crippen molar-refractivity contribution in [2.45, 2.75) is 26.7 Å². The highest BCUT2D eigenvalue weighted by molar-refractivity contribution is 5.86. The van der Waals surface area contributed by atoms with E-state index >= 15 is 0 Å². The van der Waals surface area contributed by atoms with Crippen LogP contribution in [0.25, 0.3) is 33.5 Å². The van der Waals surface area contributed by atoms with E-state index in [1.165, 1.54) is 11.1 Å². The molecule has 3 aromatic carbocycles. The van der Waals surface area contributed by atoms with Crippen molar-refractivity contribution in [3.8, 4) is 28.6 Å². The van der Waals surface area contributed by atoms with Gasteiger partial charge < -0.3 is 0 Å². The van der Waals surface area contributed by atoms with Gasteiger partial charge in [0.15, 0.2) is 0 Å². The summed E-state index contributed by atoms with van der Waals surface area (Å²) in [6.45, 7) is 4.30. The van der Waals surface area contributed by atoms with Crippen molar-refractivity contribution in [2.75, 3.05) is 0 Å². The molecule has 3 nitrogen and oxygen atoms in total. The topological polar surface area (TPSA) is 49.6 Å². The van der Waals surface area contributed by atoms with Gasteiger partial charge in [-0.15, -0.1) is 0 Å². The van der Waals surface area contributed by atoms with Gasteiger partial charge in [0, 0.05) is 11.1 Å². The lowest BCUT2D eigenvalue weighted by Gasteiger charge is -2.12. The minimum atomic E-state index is 0.592. The normalized spacial score (nSPS) is 10.8. The highest BCUT2D eigenvalue weighted by atomic mass is 14.8. The second kappa shape index (κ2) is 7.62. The second-order valence-corrected chi connectivity index (χ2v) is 6.84. The van der Waals surface area contributed by atoms with Crippen molar-refractivity contribution < 1.29 is 0 Å². The molecule has 0 amide bonds. The molecule has 4 aromatic rings. The fourth-order valence-corrected chi connectivity index (χ4v) is 3.32. The van der Waals surface area contributed by atoms with Crippen molar-refractivity contribution in [3.63, 3.8) is 0 Å². The summed E-state index contributed by atoms with van der Waals surface area (Å²) in [5.74, 6) is 0. The SMILES string of the molecule is CCc1ccc(-c2nc3ccc(C#N)cc3nc2-c2ccc(CC)cc2)cc1. The number of fused-ring (bicyclic) bond motifs is 1. The average molecular weight is 363 g/mol. The minimum absolute atomic E-state index is 0.592. The van der Waals surface area contributed by atoms with E-state index in [4.69, 9.17) is 9.97 Å². The molecule has 136 valence electrons. The summed E-state index contributed by atoms with van der Waals surface area (Å²) < 4.78 is 0. The highest BCUT2D eigenvalue weighted by Gasteiger charge is 2.14. The van der Waals surface area contributed by atoms with Gasteiger partial charge in [0.25, 0.3) is 0 Å². The van der Waals surface area contributed by atoms with E-state index in [1.807, 2.05) is 6.07 Å². The summed E-state index contributed by atoms with van der Waals surface area (Å²) in [6.07, 6.45) is 2.01. The van der Waals surface area contributed by atoms with Crippen LogP contribution in [-0.4, -0.2) is 9.97 Å². The largest absolute Gasteiger partial charge is 0.244 e. The molecule has 0 aliphatic carbocycles. The number of hydrogen-bond donors (Lipinski definition) is 0. The third-order valence-electron chi connectivity index (χ3n) is 5.06. The molecule has 1 heterocycles. The number of hydrogen-bond acceptors (Lipinski definition) is 3. The van der Waals surface area contributed by atoms with Crippen molar-refractivity contribution >= 4 is 11.0 Å². The van der Waals surface area contributed by atoms with Crippen LogP contribution in [0, 0.1) is 11.3 Å². The standard InChI is InChI=1S/C25H21N3/c1-3-17-5-10-20(11-6-17)24-25(21-12-7-18(4-2)8-13-21)28-23-15-19(16-26)9-14-22(23)27-24/h5-15H,3-4H2,1-2H3. The van der Waals surface area contributed by atoms with Crippen LogP contribution in [0.4, 0.5) is 0 Å². The molecule has 0 atom stereocenters. The van der Waals surface area contributed by atoms with Gasteiger partial charge in [0.05, 0.1) is 34.1 Å². The number of aromatic nitrogens is 2. The Morgan fingerprint density at radius 3 is 1.64 bits per heavy atom. The van der Waals surface area contributed by atoms with Gasteiger partial charge in [-0.3, -0.25) is 0 Å². The van der Waals surface area contributed by atoms with Gasteiger partial charge in [0.2, 0.25) is 0 Å². The molecular formula is C25H21N3. The molecule has 4 rings (SSSR count). The maximum atomic E-state index is 9.22. The molecule has 1 aromatic heterocycles. The van der Waals surface area contributed by atoms with E-state index in [-0.39, 0.29) is 0 Å². The zero-order chi connectivity index (χ0) is 19.5. The van der Waals surface area contributed by atoms with E-state index in [0.717, 1.165) is 46.4 Å². The van der Waals surface area contributed by atoms with Gasteiger partial charge in [0.1, 0.15) is 0 Å². The monoisotopic (exact) mass is 363 g/mol. The Hall–Kier alpha value is -3.51. The fourth-order valence-electron chi connectivity index (χ4n) is 3.32. The quantitative estimate of drug-likeness (QED) is 0.449. The van der Waals surface area contributed by atoms with Crippen molar-refractivity contribution in [1.82, 2.24) is 9.97 Å². The molecule has 0 fully saturated rings. The van der Waals surface area contributed by atoms with Crippen LogP contribution in [-0.2, 0) is 12.8 Å². The van der Waals surface area contributed by atoms with Crippen LogP contribution in [0.5, 0.6) is 0 Å². The van der Waals surface area contributed by atoms with Gasteiger partial charge in [-0.2, -0.15) is 5.26 Å². The number of rotatable bonds is 4. The maximum Gasteiger partial charge on any atom is 0.0992 e. The first-order valence-electron chi connectivity index (χ1n) is 9.62. The Kier molecular flexibility index (Phi) is 4.87. The van der Waals surface area contributed by atoms with Gasteiger partial charge in [-0.25, -0.2) is 9.97 Å². The first-order valence-corrected chi connectivity index (χ1v) is 9.62. The smallest absolute Gasteiger partial charge is 0.0992 e. The summed E-state index contributed by atoms with van der Waals surface area (Å²) in [4.78, 5) is 9.84. The van der Waals surface area contributed by atoms with Crippen LogP contribution in [0.1, 0.15) is 30.5 Å². The summed E-state index contributed by atoms with van der Waals surface area (Å²) in [7, 11) is 0. The fraction of sp³-hybridized carbons (Fsp3) is 0.160. The molecule has 28 heavy (non-hydrogen) atoms. The predicted octanol–water partition coefficient (Wildman–Crippen LogP) is 5.96. The predicted molar refractivity (Wildman–Crippen MR) is 114 cm³/mol. The van der Waals surface area contributed by atoms with E-state index in [9.17, 15) is 5.26 Å². The lowest BCUT2D eigenvalue weighted by atomic mass is 10.0. The zero-order valence-electron chi connectivity index (χ0n) is 16.1. The molecule has 0 saturated carbocycles. The Bertz CT molecular complexity index is 1170. The van der Waals surface area contributed by atoms with E-state index < -0.39 is 0 Å². The summed E-state index contributed by atoms with van der Waals surface area (Å²) in [5, 5.41) is 9.22. The molecule has 0 unspecified atom stereocenters. The molecule has 0 saturated heterocycles. The Balaban J connectivity index is 1.95. The highest BCUT2D eigenvalue weighted by Crippen LogP contribution is 2.31. The summed E-state index contributed by atoms with van der Waals surface area (Å²) in [5.41, 5.74) is 8.50. The lowest BCUT2D eigenvalue weighted by molar-refractivity contribution is 1.14. The van der Waals surface area contributed by atoms with Crippen molar-refractivity contribution in [3.05, 3.63) is 83.4 Å². The van der Waals surface area contributed by atoms with Gasteiger partial charge in [-0.05, 0) is 42.2 Å². The maximum absolute atomic E-state index is 9.22. The van der Waals surface area contributed by atoms with Crippen LogP contribution in [0.3, 0.4) is 0 Å². The van der Waals surface area contributed by atoms with Gasteiger partial charge >= 0.3 is 0 Å². The minimum Gasteiger partial charge on any atom is -0.244 e. The Morgan fingerprint density at radius 2 is 1.18 bits per heavy atom. The third kappa shape index (κ3) is 3.37. The average Bonchev–Trinajstić information content (AvgIpc) is 2.78. The summed E-state index contributed by atoms with van der Waals surface area (Å²) in [6, 6.07) is 24.6. The number of benzene rings is 3. The van der Waals surface area contributed by atoms with Crippen LogP contribution in [0.2, 0.25) is 0 Å². The molecule has 0 spiro atoms. The zero-order valence-corrected chi connectivity index (χ0v) is 16.1. The van der Waals surface area contributed by atoms with Crippen LogP contribution in [0.15, 0.2) is 66.7 Å². The van der Waals surface area contributed by atoms with Crippen molar-refractivity contribution in [2.24, 2.45) is 0 Å². The molecule has 0 aliphatic rings. The Labute approximate surface area is 165 Å². The Morgan fingerprint density at radius 1 is 0.679 bits per heavy atom. The number of nitrogens with zero attached hydrogens (tertiary/aromatic N) is 3. The number of nitriles is 1. The first kappa shape index (κ1) is 17.9. The lowest BCUT2D eigenvalue weighted by Crippen LogP contribution is -1.96. The second-order valence-electron chi connectivity index (χ2n) is 6.84. The van der Waals surface area contributed by atoms with Crippen molar-refractivity contribution in [1.29, 1.82) is 5.26 Å². The summed E-state index contributed by atoms with van der Waals surface area (Å²) >= 11 is 0. The third-order valence-corrected chi connectivity index (χ3v) is 5.06. The van der Waals surface area contributed by atoms with E-state index in [0.29, 0.717) is 5.56 Å². The van der Waals surface area contributed by atoms with Gasteiger partial charge in [-0.1, -0.05) is 62.4 Å². The molecule has 0 bridgehead atoms. The first-order chi connectivity index (χ1) is 13.7. The molecule has 0 N–H and O–H groups in total. The molecule has 0 aliphatic heterocycles. The van der Waals surface area contributed by atoms with Crippen LogP contribution >= 0.6 is 0 Å². The number of aryl methyl sites for hydroxylation is 2.